The van der Waals surface area contributed by atoms with Crippen molar-refractivity contribution in [2.45, 2.75) is 43.9 Å². The highest BCUT2D eigenvalue weighted by molar-refractivity contribution is 7.89. The molecular formula is C24H31N3O4S. The number of piperidine rings is 1. The fraction of sp³-hybridized carbons (Fsp3) is 0.417. The molecule has 0 saturated carbocycles. The molecule has 1 aliphatic rings. The number of hydrogen-bond donors (Lipinski definition) is 2. The molecule has 0 bridgehead atoms. The molecule has 8 heteroatoms. The van der Waals surface area contributed by atoms with Gasteiger partial charge in [0.25, 0.3) is 0 Å². The van der Waals surface area contributed by atoms with Crippen LogP contribution in [-0.2, 0) is 26.0 Å². The Morgan fingerprint density at radius 3 is 2.25 bits per heavy atom. The summed E-state index contributed by atoms with van der Waals surface area (Å²) in [5.41, 5.74) is 2.45. The minimum absolute atomic E-state index is 0.133. The van der Waals surface area contributed by atoms with Crippen LogP contribution in [0.25, 0.3) is 0 Å². The van der Waals surface area contributed by atoms with E-state index in [0.717, 1.165) is 11.1 Å². The second kappa shape index (κ2) is 10.3. The number of benzene rings is 2. The highest BCUT2D eigenvalue weighted by Crippen LogP contribution is 2.26. The number of amides is 2. The smallest absolute Gasteiger partial charge is 0.243 e. The highest BCUT2D eigenvalue weighted by Gasteiger charge is 2.32. The van der Waals surface area contributed by atoms with E-state index in [1.54, 1.807) is 25.2 Å². The van der Waals surface area contributed by atoms with Crippen LogP contribution in [0.1, 0.15) is 43.7 Å². The van der Waals surface area contributed by atoms with Crippen LogP contribution in [0.5, 0.6) is 0 Å². The molecule has 0 spiro atoms. The third kappa shape index (κ3) is 5.55. The van der Waals surface area contributed by atoms with Gasteiger partial charge in [0.2, 0.25) is 21.8 Å². The van der Waals surface area contributed by atoms with Gasteiger partial charge in [-0.2, -0.15) is 4.31 Å². The van der Waals surface area contributed by atoms with Crippen molar-refractivity contribution in [2.75, 3.05) is 25.5 Å². The number of hydrogen-bond acceptors (Lipinski definition) is 4. The van der Waals surface area contributed by atoms with E-state index in [9.17, 15) is 18.0 Å². The minimum atomic E-state index is -3.58. The van der Waals surface area contributed by atoms with Gasteiger partial charge in [-0.3, -0.25) is 9.59 Å². The summed E-state index contributed by atoms with van der Waals surface area (Å²) >= 11 is 0. The Labute approximate surface area is 190 Å². The Balaban J connectivity index is 1.62. The van der Waals surface area contributed by atoms with Gasteiger partial charge in [0.1, 0.15) is 0 Å². The number of anilines is 1. The molecule has 0 aliphatic carbocycles. The summed E-state index contributed by atoms with van der Waals surface area (Å²) in [7, 11) is -2.00. The molecule has 7 nitrogen and oxygen atoms in total. The number of likely N-dealkylation sites (N-methyl/N-ethyl adjacent to an activating group) is 1. The Hall–Kier alpha value is -2.71. The van der Waals surface area contributed by atoms with E-state index in [1.807, 2.05) is 30.3 Å². The zero-order valence-corrected chi connectivity index (χ0v) is 19.6. The van der Waals surface area contributed by atoms with Crippen LogP contribution in [0.2, 0.25) is 0 Å². The number of para-hydroxylation sites is 1. The summed E-state index contributed by atoms with van der Waals surface area (Å²) in [5.74, 6) is -0.223. The Bertz CT molecular complexity index is 1060. The van der Waals surface area contributed by atoms with Crippen molar-refractivity contribution >= 4 is 27.5 Å². The molecule has 2 aromatic carbocycles. The van der Waals surface area contributed by atoms with E-state index in [1.165, 1.54) is 4.31 Å². The van der Waals surface area contributed by atoms with E-state index in [0.29, 0.717) is 37.5 Å². The predicted octanol–water partition coefficient (Wildman–Crippen LogP) is 3.14. The molecule has 2 N–H and O–H groups in total. The first kappa shape index (κ1) is 23.9. The molecule has 1 heterocycles. The minimum Gasteiger partial charge on any atom is -0.359 e. The van der Waals surface area contributed by atoms with Crippen LogP contribution in [-0.4, -0.2) is 44.7 Å². The molecule has 172 valence electrons. The lowest BCUT2D eigenvalue weighted by atomic mass is 9.97. The second-order valence-corrected chi connectivity index (χ2v) is 10.3. The molecule has 1 aliphatic heterocycles. The zero-order valence-electron chi connectivity index (χ0n) is 18.8. The zero-order chi connectivity index (χ0) is 23.3. The maximum atomic E-state index is 13.0. The quantitative estimate of drug-likeness (QED) is 0.668. The Morgan fingerprint density at radius 1 is 1.03 bits per heavy atom. The summed E-state index contributed by atoms with van der Waals surface area (Å²) in [4.78, 5) is 24.8. The van der Waals surface area contributed by atoms with Crippen molar-refractivity contribution < 1.29 is 18.0 Å². The molecule has 0 unspecified atom stereocenters. The highest BCUT2D eigenvalue weighted by atomic mass is 32.2. The first-order chi connectivity index (χ1) is 15.2. The van der Waals surface area contributed by atoms with E-state index in [2.05, 4.69) is 24.5 Å². The predicted molar refractivity (Wildman–Crippen MR) is 125 cm³/mol. The third-order valence-corrected chi connectivity index (χ3v) is 7.83. The van der Waals surface area contributed by atoms with Gasteiger partial charge >= 0.3 is 0 Å². The molecule has 0 aromatic heterocycles. The summed E-state index contributed by atoms with van der Waals surface area (Å²) in [5, 5.41) is 5.51. The number of sulfonamides is 1. The van der Waals surface area contributed by atoms with Gasteiger partial charge in [0.05, 0.1) is 11.3 Å². The fourth-order valence-corrected chi connectivity index (χ4v) is 5.29. The van der Waals surface area contributed by atoms with Crippen LogP contribution >= 0.6 is 0 Å². The number of nitrogens with zero attached hydrogens (tertiary/aromatic N) is 1. The van der Waals surface area contributed by atoms with E-state index >= 15 is 0 Å². The summed E-state index contributed by atoms with van der Waals surface area (Å²) in [6.07, 6.45) is 1.08. The van der Waals surface area contributed by atoms with Gasteiger partial charge in [0.15, 0.2) is 0 Å². The molecule has 32 heavy (non-hydrogen) atoms. The van der Waals surface area contributed by atoms with Crippen LogP contribution < -0.4 is 10.6 Å². The lowest BCUT2D eigenvalue weighted by Crippen LogP contribution is -2.41. The molecule has 1 saturated heterocycles. The number of rotatable bonds is 7. The lowest BCUT2D eigenvalue weighted by Gasteiger charge is -2.30. The van der Waals surface area contributed by atoms with E-state index in [-0.39, 0.29) is 29.0 Å². The molecule has 2 amide bonds. The van der Waals surface area contributed by atoms with E-state index < -0.39 is 10.0 Å². The SMILES string of the molecule is CNC(=O)Cc1ccccc1NC(=O)C1CCN(S(=O)(=O)c2ccc(C(C)C)cc2)CC1. The number of carbonyl (C=O) groups is 2. The molecule has 2 aromatic rings. The van der Waals surface area contributed by atoms with Crippen LogP contribution in [0.3, 0.4) is 0 Å². The fourth-order valence-electron chi connectivity index (χ4n) is 3.82. The Kier molecular flexibility index (Phi) is 7.69. The second-order valence-electron chi connectivity index (χ2n) is 8.40. The first-order valence-electron chi connectivity index (χ1n) is 10.9. The van der Waals surface area contributed by atoms with Gasteiger partial charge in [-0.1, -0.05) is 44.2 Å². The summed E-state index contributed by atoms with van der Waals surface area (Å²) < 4.78 is 27.5. The molecule has 1 fully saturated rings. The maximum Gasteiger partial charge on any atom is 0.243 e. The van der Waals surface area contributed by atoms with Gasteiger partial charge in [-0.25, -0.2) is 8.42 Å². The van der Waals surface area contributed by atoms with Crippen molar-refractivity contribution in [1.29, 1.82) is 0 Å². The molecule has 0 radical (unpaired) electrons. The molecular weight excluding hydrogens is 426 g/mol. The van der Waals surface area contributed by atoms with Gasteiger partial charge in [-0.15, -0.1) is 0 Å². The number of carbonyl (C=O) groups excluding carboxylic acids is 2. The number of nitrogens with one attached hydrogen (secondary N) is 2. The van der Waals surface area contributed by atoms with Gasteiger partial charge in [-0.05, 0) is 48.1 Å². The van der Waals surface area contributed by atoms with Crippen molar-refractivity contribution in [3.63, 3.8) is 0 Å². The molecule has 0 atom stereocenters. The largest absolute Gasteiger partial charge is 0.359 e. The summed E-state index contributed by atoms with van der Waals surface area (Å²) in [6.45, 7) is 4.73. The van der Waals surface area contributed by atoms with Crippen LogP contribution in [0.15, 0.2) is 53.4 Å². The third-order valence-electron chi connectivity index (χ3n) is 5.91. The van der Waals surface area contributed by atoms with Crippen LogP contribution in [0, 0.1) is 5.92 Å². The average molecular weight is 458 g/mol. The molecule has 3 rings (SSSR count). The first-order valence-corrected chi connectivity index (χ1v) is 12.4. The summed E-state index contributed by atoms with van der Waals surface area (Å²) in [6, 6.07) is 14.2. The monoisotopic (exact) mass is 457 g/mol. The standard InChI is InChI=1S/C24H31N3O4S/c1-17(2)18-8-10-21(11-9-18)32(30,31)27-14-12-19(13-15-27)24(29)26-22-7-5-4-6-20(22)16-23(28)25-3/h4-11,17,19H,12-16H2,1-3H3,(H,25,28)(H,26,29). The maximum absolute atomic E-state index is 13.0. The van der Waals surface area contributed by atoms with Gasteiger partial charge < -0.3 is 10.6 Å². The lowest BCUT2D eigenvalue weighted by molar-refractivity contribution is -0.121. The Morgan fingerprint density at radius 2 is 1.66 bits per heavy atom. The van der Waals surface area contributed by atoms with Crippen molar-refractivity contribution in [2.24, 2.45) is 5.92 Å². The van der Waals surface area contributed by atoms with Crippen molar-refractivity contribution in [3.05, 3.63) is 59.7 Å². The van der Waals surface area contributed by atoms with E-state index in [4.69, 9.17) is 0 Å². The topological polar surface area (TPSA) is 95.6 Å². The van der Waals surface area contributed by atoms with Crippen molar-refractivity contribution in [3.8, 4) is 0 Å². The normalized spacial score (nSPS) is 15.5. The average Bonchev–Trinajstić information content (AvgIpc) is 2.80. The van der Waals surface area contributed by atoms with Crippen molar-refractivity contribution in [1.82, 2.24) is 9.62 Å². The van der Waals surface area contributed by atoms with Crippen LogP contribution in [0.4, 0.5) is 5.69 Å². The van der Waals surface area contributed by atoms with Gasteiger partial charge in [0, 0.05) is 31.7 Å².